The zero-order valence-corrected chi connectivity index (χ0v) is 16.5. The van der Waals surface area contributed by atoms with Gasteiger partial charge in [-0.15, -0.1) is 0 Å². The van der Waals surface area contributed by atoms with E-state index in [1.807, 2.05) is 6.07 Å². The van der Waals surface area contributed by atoms with Crippen LogP contribution in [0.5, 0.6) is 0 Å². The van der Waals surface area contributed by atoms with Gasteiger partial charge in [0.1, 0.15) is 23.2 Å². The van der Waals surface area contributed by atoms with Crippen molar-refractivity contribution in [3.8, 4) is 17.4 Å². The SMILES string of the molecule is C[C@H]1CCCC[C@@H]1NC(=O)/C(C#N)=C/c1ccc(-c2ccc(Cl)c(Cl)c2)o1. The van der Waals surface area contributed by atoms with Gasteiger partial charge in [0.25, 0.3) is 5.91 Å². The van der Waals surface area contributed by atoms with E-state index in [0.29, 0.717) is 27.5 Å². The molecule has 1 aliphatic carbocycles. The molecule has 27 heavy (non-hydrogen) atoms. The highest BCUT2D eigenvalue weighted by molar-refractivity contribution is 6.42. The molecular formula is C21H20Cl2N2O2. The van der Waals surface area contributed by atoms with E-state index in [1.165, 1.54) is 12.5 Å². The Bertz CT molecular complexity index is 911. The van der Waals surface area contributed by atoms with E-state index < -0.39 is 0 Å². The van der Waals surface area contributed by atoms with Crippen LogP contribution in [0.25, 0.3) is 17.4 Å². The molecule has 0 aliphatic heterocycles. The first kappa shape index (κ1) is 19.5. The number of nitriles is 1. The van der Waals surface area contributed by atoms with Crippen molar-refractivity contribution >= 4 is 35.2 Å². The molecule has 1 amide bonds. The van der Waals surface area contributed by atoms with E-state index in [2.05, 4.69) is 12.2 Å². The molecule has 0 radical (unpaired) electrons. The van der Waals surface area contributed by atoms with Gasteiger partial charge in [0.2, 0.25) is 0 Å². The second-order valence-electron chi connectivity index (χ2n) is 6.84. The van der Waals surface area contributed by atoms with Crippen LogP contribution in [0, 0.1) is 17.2 Å². The van der Waals surface area contributed by atoms with Crippen molar-refractivity contribution in [2.75, 3.05) is 0 Å². The molecule has 140 valence electrons. The van der Waals surface area contributed by atoms with Gasteiger partial charge in [0.15, 0.2) is 0 Å². The predicted molar refractivity (Wildman–Crippen MR) is 107 cm³/mol. The van der Waals surface area contributed by atoms with Gasteiger partial charge >= 0.3 is 0 Å². The van der Waals surface area contributed by atoms with Crippen molar-refractivity contribution in [1.82, 2.24) is 5.32 Å². The Morgan fingerprint density at radius 1 is 1.22 bits per heavy atom. The Balaban J connectivity index is 1.76. The monoisotopic (exact) mass is 402 g/mol. The summed E-state index contributed by atoms with van der Waals surface area (Å²) in [5.41, 5.74) is 0.797. The third-order valence-electron chi connectivity index (χ3n) is 4.91. The third kappa shape index (κ3) is 4.74. The van der Waals surface area contributed by atoms with Crippen LogP contribution in [0.4, 0.5) is 0 Å². The molecule has 2 aromatic rings. The maximum absolute atomic E-state index is 12.5. The van der Waals surface area contributed by atoms with Crippen molar-refractivity contribution in [2.24, 2.45) is 5.92 Å². The van der Waals surface area contributed by atoms with Gasteiger partial charge in [-0.1, -0.05) is 43.0 Å². The lowest BCUT2D eigenvalue weighted by atomic mass is 9.86. The van der Waals surface area contributed by atoms with E-state index >= 15 is 0 Å². The summed E-state index contributed by atoms with van der Waals surface area (Å²) in [5, 5.41) is 13.3. The smallest absolute Gasteiger partial charge is 0.262 e. The molecule has 4 nitrogen and oxygen atoms in total. The van der Waals surface area contributed by atoms with Gasteiger partial charge in [-0.3, -0.25) is 4.79 Å². The number of carbonyl (C=O) groups excluding carboxylic acids is 1. The number of nitrogens with zero attached hydrogens (tertiary/aromatic N) is 1. The highest BCUT2D eigenvalue weighted by Gasteiger charge is 2.24. The first-order valence-corrected chi connectivity index (χ1v) is 9.71. The van der Waals surface area contributed by atoms with Gasteiger partial charge in [0.05, 0.1) is 10.0 Å². The molecule has 0 bridgehead atoms. The maximum atomic E-state index is 12.5. The first-order chi connectivity index (χ1) is 13.0. The van der Waals surface area contributed by atoms with Crippen LogP contribution in [0.15, 0.2) is 40.3 Å². The third-order valence-corrected chi connectivity index (χ3v) is 5.65. The Morgan fingerprint density at radius 2 is 2.00 bits per heavy atom. The van der Waals surface area contributed by atoms with Gasteiger partial charge in [-0.25, -0.2) is 0 Å². The lowest BCUT2D eigenvalue weighted by Gasteiger charge is -2.29. The van der Waals surface area contributed by atoms with Gasteiger partial charge in [-0.2, -0.15) is 5.26 Å². The highest BCUT2D eigenvalue weighted by atomic mass is 35.5. The van der Waals surface area contributed by atoms with Gasteiger partial charge < -0.3 is 9.73 Å². The molecule has 1 N–H and O–H groups in total. The average Bonchev–Trinajstić information content (AvgIpc) is 3.12. The summed E-state index contributed by atoms with van der Waals surface area (Å²) in [4.78, 5) is 12.5. The van der Waals surface area contributed by atoms with E-state index in [0.717, 1.165) is 24.8 Å². The molecule has 0 saturated heterocycles. The Hall–Kier alpha value is -2.22. The van der Waals surface area contributed by atoms with E-state index in [1.54, 1.807) is 30.3 Å². The number of rotatable bonds is 4. The van der Waals surface area contributed by atoms with Crippen LogP contribution in [0.1, 0.15) is 38.4 Å². The second-order valence-corrected chi connectivity index (χ2v) is 7.66. The lowest BCUT2D eigenvalue weighted by Crippen LogP contribution is -2.41. The molecule has 1 aromatic carbocycles. The van der Waals surface area contributed by atoms with Crippen molar-refractivity contribution in [3.63, 3.8) is 0 Å². The highest BCUT2D eigenvalue weighted by Crippen LogP contribution is 2.30. The molecular weight excluding hydrogens is 383 g/mol. The fourth-order valence-corrected chi connectivity index (χ4v) is 3.60. The predicted octanol–water partition coefficient (Wildman–Crippen LogP) is 5.86. The Labute approximate surface area is 168 Å². The van der Waals surface area contributed by atoms with Crippen LogP contribution in [-0.2, 0) is 4.79 Å². The van der Waals surface area contributed by atoms with Crippen LogP contribution < -0.4 is 5.32 Å². The minimum atomic E-state index is -0.358. The molecule has 3 rings (SSSR count). The fraction of sp³-hybridized carbons (Fsp3) is 0.333. The minimum absolute atomic E-state index is 0.0304. The number of nitrogens with one attached hydrogen (secondary N) is 1. The molecule has 1 saturated carbocycles. The number of amides is 1. The molecule has 1 fully saturated rings. The Kier molecular flexibility index (Phi) is 6.26. The summed E-state index contributed by atoms with van der Waals surface area (Å²) in [6.07, 6.45) is 5.81. The van der Waals surface area contributed by atoms with E-state index in [4.69, 9.17) is 27.6 Å². The van der Waals surface area contributed by atoms with Crippen molar-refractivity contribution < 1.29 is 9.21 Å². The number of carbonyl (C=O) groups is 1. The first-order valence-electron chi connectivity index (χ1n) is 8.96. The number of benzene rings is 1. The van der Waals surface area contributed by atoms with Crippen molar-refractivity contribution in [1.29, 1.82) is 5.26 Å². The second kappa shape index (κ2) is 8.65. The van der Waals surface area contributed by atoms with E-state index in [-0.39, 0.29) is 17.5 Å². The molecule has 2 atom stereocenters. The fourth-order valence-electron chi connectivity index (χ4n) is 3.30. The van der Waals surface area contributed by atoms with Crippen molar-refractivity contribution in [2.45, 2.75) is 38.6 Å². The summed E-state index contributed by atoms with van der Waals surface area (Å²) in [5.74, 6) is 1.08. The number of hydrogen-bond donors (Lipinski definition) is 1. The summed E-state index contributed by atoms with van der Waals surface area (Å²) in [6.45, 7) is 2.13. The van der Waals surface area contributed by atoms with Crippen LogP contribution in [0.2, 0.25) is 10.0 Å². The minimum Gasteiger partial charge on any atom is -0.457 e. The van der Waals surface area contributed by atoms with Crippen molar-refractivity contribution in [3.05, 3.63) is 51.7 Å². The summed E-state index contributed by atoms with van der Waals surface area (Å²) >= 11 is 12.0. The lowest BCUT2D eigenvalue weighted by molar-refractivity contribution is -0.118. The largest absolute Gasteiger partial charge is 0.457 e. The standard InChI is InChI=1S/C21H20Cl2N2O2/c1-13-4-2-3-5-19(13)25-21(26)15(12-24)10-16-7-9-20(27-16)14-6-8-17(22)18(23)11-14/h6-11,13,19H,2-5H2,1H3,(H,25,26)/b15-10+/t13-,19-/m0/s1. The average molecular weight is 403 g/mol. The zero-order valence-electron chi connectivity index (χ0n) is 15.0. The summed E-state index contributed by atoms with van der Waals surface area (Å²) in [7, 11) is 0. The van der Waals surface area contributed by atoms with Crippen LogP contribution in [-0.4, -0.2) is 11.9 Å². The molecule has 0 spiro atoms. The topological polar surface area (TPSA) is 66.0 Å². The normalized spacial score (nSPS) is 20.1. The number of furan rings is 1. The zero-order chi connectivity index (χ0) is 19.4. The van der Waals surface area contributed by atoms with Crippen LogP contribution in [0.3, 0.4) is 0 Å². The Morgan fingerprint density at radius 3 is 2.70 bits per heavy atom. The maximum Gasteiger partial charge on any atom is 0.262 e. The number of halogens is 2. The van der Waals surface area contributed by atoms with Gasteiger partial charge in [-0.05, 0) is 49.1 Å². The number of hydrogen-bond acceptors (Lipinski definition) is 3. The van der Waals surface area contributed by atoms with Crippen LogP contribution >= 0.6 is 23.2 Å². The molecule has 1 aromatic heterocycles. The van der Waals surface area contributed by atoms with E-state index in [9.17, 15) is 10.1 Å². The summed E-state index contributed by atoms with van der Waals surface area (Å²) in [6, 6.07) is 10.8. The summed E-state index contributed by atoms with van der Waals surface area (Å²) < 4.78 is 5.75. The van der Waals surface area contributed by atoms with Gasteiger partial charge in [0, 0.05) is 17.7 Å². The molecule has 0 unspecified atom stereocenters. The molecule has 1 heterocycles. The molecule has 6 heteroatoms. The molecule has 1 aliphatic rings. The quantitative estimate of drug-likeness (QED) is 0.514.